The Morgan fingerprint density at radius 1 is 1.38 bits per heavy atom. The molecule has 0 aromatic carbocycles. The molecule has 0 spiro atoms. The summed E-state index contributed by atoms with van der Waals surface area (Å²) in [6, 6.07) is -0.0583. The number of nitrogens with two attached hydrogens (primary N) is 1. The van der Waals surface area contributed by atoms with Crippen LogP contribution < -0.4 is 5.73 Å². The number of alkyl halides is 3. The summed E-state index contributed by atoms with van der Waals surface area (Å²) in [5, 5.41) is 0. The molecule has 1 rings (SSSR count). The molecule has 1 fully saturated rings. The third-order valence-corrected chi connectivity index (χ3v) is 2.47. The minimum Gasteiger partial charge on any atom is -0.327 e. The predicted molar refractivity (Wildman–Crippen MR) is 60.7 cm³/mol. The SMILES string of the molecule is CC(N)CN(CCC(F)(F)F)CC1CC1.Cl. The molecule has 2 nitrogen and oxygen atoms in total. The second-order valence-electron chi connectivity index (χ2n) is 4.55. The van der Waals surface area contributed by atoms with Gasteiger partial charge < -0.3 is 10.6 Å². The second-order valence-corrected chi connectivity index (χ2v) is 4.55. The lowest BCUT2D eigenvalue weighted by Crippen LogP contribution is -2.38. The van der Waals surface area contributed by atoms with Crippen molar-refractivity contribution in [3.05, 3.63) is 0 Å². The molecular formula is C10H20ClF3N2. The molecule has 0 radical (unpaired) electrons. The van der Waals surface area contributed by atoms with Crippen molar-refractivity contribution < 1.29 is 13.2 Å². The van der Waals surface area contributed by atoms with Crippen molar-refractivity contribution in [2.45, 2.75) is 38.4 Å². The Morgan fingerprint density at radius 3 is 2.31 bits per heavy atom. The van der Waals surface area contributed by atoms with Crippen molar-refractivity contribution >= 4 is 12.4 Å². The third-order valence-electron chi connectivity index (χ3n) is 2.47. The molecule has 1 aliphatic carbocycles. The highest BCUT2D eigenvalue weighted by Gasteiger charge is 2.30. The van der Waals surface area contributed by atoms with Crippen molar-refractivity contribution in [1.82, 2.24) is 4.90 Å². The van der Waals surface area contributed by atoms with Crippen LogP contribution in [0.15, 0.2) is 0 Å². The van der Waals surface area contributed by atoms with Gasteiger partial charge in [-0.3, -0.25) is 0 Å². The molecule has 0 bridgehead atoms. The highest BCUT2D eigenvalue weighted by atomic mass is 35.5. The van der Waals surface area contributed by atoms with Crippen molar-refractivity contribution in [3.63, 3.8) is 0 Å². The summed E-state index contributed by atoms with van der Waals surface area (Å²) in [5.41, 5.74) is 5.61. The molecule has 0 saturated heterocycles. The topological polar surface area (TPSA) is 29.3 Å². The Balaban J connectivity index is 0.00000225. The summed E-state index contributed by atoms with van der Waals surface area (Å²) < 4.78 is 36.1. The first kappa shape index (κ1) is 16.0. The van der Waals surface area contributed by atoms with Gasteiger partial charge in [0.25, 0.3) is 0 Å². The number of halogens is 4. The summed E-state index contributed by atoms with van der Waals surface area (Å²) in [6.07, 6.45) is -2.48. The molecule has 16 heavy (non-hydrogen) atoms. The number of rotatable bonds is 6. The molecule has 1 atom stereocenters. The summed E-state index contributed by atoms with van der Waals surface area (Å²) in [4.78, 5) is 1.84. The first-order chi connectivity index (χ1) is 6.87. The van der Waals surface area contributed by atoms with E-state index in [-0.39, 0.29) is 25.0 Å². The molecule has 1 aliphatic rings. The Hall–Kier alpha value is -0.0000000000000000555. The molecule has 98 valence electrons. The number of hydrogen-bond acceptors (Lipinski definition) is 2. The highest BCUT2D eigenvalue weighted by Crippen LogP contribution is 2.30. The fraction of sp³-hybridized carbons (Fsp3) is 1.00. The van der Waals surface area contributed by atoms with Crippen LogP contribution in [0.1, 0.15) is 26.2 Å². The van der Waals surface area contributed by atoms with Gasteiger partial charge in [0.15, 0.2) is 0 Å². The first-order valence-corrected chi connectivity index (χ1v) is 5.41. The van der Waals surface area contributed by atoms with Crippen LogP contribution in [0, 0.1) is 5.92 Å². The molecule has 0 aromatic heterocycles. The predicted octanol–water partition coefficient (Wildman–Crippen LogP) is 2.42. The Labute approximate surface area is 101 Å². The van der Waals surface area contributed by atoms with Crippen LogP contribution in [-0.4, -0.2) is 36.8 Å². The average Bonchev–Trinajstić information content (AvgIpc) is 2.81. The zero-order chi connectivity index (χ0) is 11.5. The first-order valence-electron chi connectivity index (χ1n) is 5.41. The average molecular weight is 261 g/mol. The lowest BCUT2D eigenvalue weighted by atomic mass is 10.2. The van der Waals surface area contributed by atoms with E-state index in [1.54, 1.807) is 0 Å². The zero-order valence-corrected chi connectivity index (χ0v) is 10.3. The van der Waals surface area contributed by atoms with E-state index >= 15 is 0 Å². The van der Waals surface area contributed by atoms with Gasteiger partial charge in [-0.2, -0.15) is 13.2 Å². The molecule has 6 heteroatoms. The van der Waals surface area contributed by atoms with E-state index < -0.39 is 12.6 Å². The van der Waals surface area contributed by atoms with Crippen LogP contribution in [0.4, 0.5) is 13.2 Å². The van der Waals surface area contributed by atoms with Gasteiger partial charge in [-0.15, -0.1) is 12.4 Å². The van der Waals surface area contributed by atoms with Crippen LogP contribution in [0.2, 0.25) is 0 Å². The normalized spacial score (nSPS) is 18.4. The maximum atomic E-state index is 12.0. The second kappa shape index (κ2) is 6.67. The van der Waals surface area contributed by atoms with Gasteiger partial charge in [0.2, 0.25) is 0 Å². The highest BCUT2D eigenvalue weighted by molar-refractivity contribution is 5.85. The van der Waals surface area contributed by atoms with E-state index in [0.29, 0.717) is 12.5 Å². The Morgan fingerprint density at radius 2 is 1.94 bits per heavy atom. The maximum Gasteiger partial charge on any atom is 0.390 e. The molecular weight excluding hydrogens is 241 g/mol. The van der Waals surface area contributed by atoms with E-state index in [1.807, 2.05) is 11.8 Å². The fourth-order valence-electron chi connectivity index (χ4n) is 1.61. The van der Waals surface area contributed by atoms with E-state index in [9.17, 15) is 13.2 Å². The van der Waals surface area contributed by atoms with Crippen molar-refractivity contribution in [3.8, 4) is 0 Å². The van der Waals surface area contributed by atoms with E-state index in [2.05, 4.69) is 0 Å². The molecule has 0 heterocycles. The summed E-state index contributed by atoms with van der Waals surface area (Å²) in [6.45, 7) is 3.25. The largest absolute Gasteiger partial charge is 0.390 e. The Kier molecular flexibility index (Phi) is 6.67. The molecule has 2 N–H and O–H groups in total. The van der Waals surface area contributed by atoms with E-state index in [1.165, 1.54) is 0 Å². The van der Waals surface area contributed by atoms with Crippen LogP contribution >= 0.6 is 12.4 Å². The van der Waals surface area contributed by atoms with Crippen LogP contribution in [0.3, 0.4) is 0 Å². The van der Waals surface area contributed by atoms with Crippen molar-refractivity contribution in [1.29, 1.82) is 0 Å². The van der Waals surface area contributed by atoms with Gasteiger partial charge in [0, 0.05) is 25.7 Å². The minimum absolute atomic E-state index is 0. The van der Waals surface area contributed by atoms with Gasteiger partial charge in [0.1, 0.15) is 0 Å². The van der Waals surface area contributed by atoms with Crippen LogP contribution in [0.25, 0.3) is 0 Å². The van der Waals surface area contributed by atoms with Gasteiger partial charge in [-0.25, -0.2) is 0 Å². The lowest BCUT2D eigenvalue weighted by Gasteiger charge is -2.24. The lowest BCUT2D eigenvalue weighted by molar-refractivity contribution is -0.138. The third kappa shape index (κ3) is 8.19. The van der Waals surface area contributed by atoms with E-state index in [0.717, 1.165) is 19.4 Å². The van der Waals surface area contributed by atoms with E-state index in [4.69, 9.17) is 5.73 Å². The number of hydrogen-bond donors (Lipinski definition) is 1. The quantitative estimate of drug-likeness (QED) is 0.795. The molecule has 0 amide bonds. The zero-order valence-electron chi connectivity index (χ0n) is 9.46. The molecule has 1 unspecified atom stereocenters. The van der Waals surface area contributed by atoms with Crippen LogP contribution in [0.5, 0.6) is 0 Å². The van der Waals surface area contributed by atoms with Gasteiger partial charge in [-0.1, -0.05) is 0 Å². The van der Waals surface area contributed by atoms with Crippen molar-refractivity contribution in [2.75, 3.05) is 19.6 Å². The summed E-state index contributed by atoms with van der Waals surface area (Å²) in [5.74, 6) is 0.608. The van der Waals surface area contributed by atoms with Gasteiger partial charge in [0.05, 0.1) is 6.42 Å². The van der Waals surface area contributed by atoms with Crippen LogP contribution in [-0.2, 0) is 0 Å². The van der Waals surface area contributed by atoms with Crippen molar-refractivity contribution in [2.24, 2.45) is 11.7 Å². The molecule has 0 aromatic rings. The fourth-order valence-corrected chi connectivity index (χ4v) is 1.61. The minimum atomic E-state index is -4.06. The maximum absolute atomic E-state index is 12.0. The smallest absolute Gasteiger partial charge is 0.327 e. The summed E-state index contributed by atoms with van der Waals surface area (Å²) >= 11 is 0. The monoisotopic (exact) mass is 260 g/mol. The molecule has 0 aliphatic heterocycles. The standard InChI is InChI=1S/C10H19F3N2.ClH/c1-8(14)6-15(7-9-2-3-9)5-4-10(11,12)13;/h8-9H,2-7,14H2,1H3;1H. The Bertz CT molecular complexity index is 189. The number of nitrogens with zero attached hydrogens (tertiary/aromatic N) is 1. The summed E-state index contributed by atoms with van der Waals surface area (Å²) in [7, 11) is 0. The van der Waals surface area contributed by atoms with Gasteiger partial charge in [-0.05, 0) is 25.7 Å². The molecule has 1 saturated carbocycles. The van der Waals surface area contributed by atoms with Gasteiger partial charge >= 0.3 is 6.18 Å².